The maximum Gasteiger partial charge on any atom is 0.347 e. The van der Waals surface area contributed by atoms with E-state index in [4.69, 9.17) is 18.3 Å². The molecule has 29 heavy (non-hydrogen) atoms. The van der Waals surface area contributed by atoms with Crippen molar-refractivity contribution in [3.8, 4) is 23.0 Å². The minimum absolute atomic E-state index is 0.115. The Labute approximate surface area is 164 Å². The van der Waals surface area contributed by atoms with Crippen LogP contribution in [0.25, 0.3) is 22.4 Å². The van der Waals surface area contributed by atoms with Crippen LogP contribution < -0.4 is 20.4 Å². The Hall–Kier alpha value is -4.07. The quantitative estimate of drug-likeness (QED) is 0.552. The molecule has 0 fully saturated rings. The van der Waals surface area contributed by atoms with Gasteiger partial charge in [-0.15, -0.1) is 0 Å². The number of fused-ring (bicyclic) bond motifs is 1. The first-order chi connectivity index (χ1) is 14.1. The first-order valence-corrected chi connectivity index (χ1v) is 8.61. The summed E-state index contributed by atoms with van der Waals surface area (Å²) in [5.41, 5.74) is 0.867. The predicted molar refractivity (Wildman–Crippen MR) is 105 cm³/mol. The number of amides is 1. The van der Waals surface area contributed by atoms with E-state index in [-0.39, 0.29) is 17.0 Å². The molecule has 146 valence electrons. The fourth-order valence-corrected chi connectivity index (χ4v) is 2.85. The SMILES string of the molecule is COc1cc2nc(-c3cccc(NC(=O)c4ccco4)c3)oc(=O)c2cc1OC. The molecule has 4 rings (SSSR count). The third-order valence-corrected chi connectivity index (χ3v) is 4.25. The molecule has 2 aromatic heterocycles. The molecule has 0 atom stereocenters. The fraction of sp³-hybridized carbons (Fsp3) is 0.0952. The molecule has 0 spiro atoms. The van der Waals surface area contributed by atoms with Crippen LogP contribution in [-0.4, -0.2) is 25.1 Å². The van der Waals surface area contributed by atoms with Crippen LogP contribution in [-0.2, 0) is 0 Å². The lowest BCUT2D eigenvalue weighted by Crippen LogP contribution is -2.10. The van der Waals surface area contributed by atoms with Gasteiger partial charge in [0.1, 0.15) is 0 Å². The molecule has 0 saturated carbocycles. The summed E-state index contributed by atoms with van der Waals surface area (Å²) in [5.74, 6) is 0.764. The summed E-state index contributed by atoms with van der Waals surface area (Å²) in [6.07, 6.45) is 1.42. The number of carbonyl (C=O) groups is 1. The predicted octanol–water partition coefficient (Wildman–Crippen LogP) is 3.72. The standard InChI is InChI=1S/C21H16N2O6/c1-26-17-10-14-15(11-18(17)27-2)23-20(29-21(14)25)12-5-3-6-13(9-12)22-19(24)16-7-4-8-28-16/h3-11H,1-2H3,(H,22,24). The minimum Gasteiger partial charge on any atom is -0.493 e. The van der Waals surface area contributed by atoms with Gasteiger partial charge in [-0.1, -0.05) is 6.07 Å². The van der Waals surface area contributed by atoms with Crippen molar-refractivity contribution in [2.75, 3.05) is 19.5 Å². The van der Waals surface area contributed by atoms with Crippen molar-refractivity contribution >= 4 is 22.5 Å². The van der Waals surface area contributed by atoms with Crippen LogP contribution in [0.4, 0.5) is 5.69 Å². The van der Waals surface area contributed by atoms with E-state index >= 15 is 0 Å². The molecule has 2 heterocycles. The fourth-order valence-electron chi connectivity index (χ4n) is 2.85. The molecule has 8 nitrogen and oxygen atoms in total. The van der Waals surface area contributed by atoms with Crippen LogP contribution in [0.2, 0.25) is 0 Å². The molecule has 1 amide bonds. The van der Waals surface area contributed by atoms with Gasteiger partial charge in [-0.25, -0.2) is 9.78 Å². The molecule has 4 aromatic rings. The number of hydrogen-bond acceptors (Lipinski definition) is 7. The minimum atomic E-state index is -0.559. The van der Waals surface area contributed by atoms with E-state index in [1.807, 2.05) is 0 Å². The van der Waals surface area contributed by atoms with Gasteiger partial charge in [0.2, 0.25) is 5.89 Å². The molecule has 0 aliphatic rings. The Morgan fingerprint density at radius 2 is 1.83 bits per heavy atom. The van der Waals surface area contributed by atoms with Crippen LogP contribution in [0.1, 0.15) is 10.6 Å². The van der Waals surface area contributed by atoms with E-state index in [2.05, 4.69) is 10.3 Å². The maximum absolute atomic E-state index is 12.5. The van der Waals surface area contributed by atoms with E-state index in [0.29, 0.717) is 28.3 Å². The van der Waals surface area contributed by atoms with Crippen molar-refractivity contribution in [3.63, 3.8) is 0 Å². The van der Waals surface area contributed by atoms with Crippen molar-refractivity contribution in [1.82, 2.24) is 4.98 Å². The summed E-state index contributed by atoms with van der Waals surface area (Å²) in [4.78, 5) is 29.1. The van der Waals surface area contributed by atoms with Crippen LogP contribution in [0.3, 0.4) is 0 Å². The van der Waals surface area contributed by atoms with Gasteiger partial charge in [0, 0.05) is 23.4 Å². The normalized spacial score (nSPS) is 10.7. The molecule has 0 aliphatic heterocycles. The molecule has 8 heteroatoms. The van der Waals surface area contributed by atoms with Crippen molar-refractivity contribution in [2.45, 2.75) is 0 Å². The van der Waals surface area contributed by atoms with E-state index < -0.39 is 11.5 Å². The zero-order valence-corrected chi connectivity index (χ0v) is 15.6. The number of furan rings is 1. The largest absolute Gasteiger partial charge is 0.493 e. The Bertz CT molecular complexity index is 1240. The van der Waals surface area contributed by atoms with Gasteiger partial charge >= 0.3 is 5.63 Å². The molecule has 2 aromatic carbocycles. The van der Waals surface area contributed by atoms with Gasteiger partial charge in [0.15, 0.2) is 17.3 Å². The lowest BCUT2D eigenvalue weighted by molar-refractivity contribution is 0.0996. The third-order valence-electron chi connectivity index (χ3n) is 4.25. The van der Waals surface area contributed by atoms with Crippen LogP contribution in [0, 0.1) is 0 Å². The lowest BCUT2D eigenvalue weighted by atomic mass is 10.1. The topological polar surface area (TPSA) is 104 Å². The van der Waals surface area contributed by atoms with Crippen molar-refractivity contribution < 1.29 is 23.1 Å². The number of hydrogen-bond donors (Lipinski definition) is 1. The van der Waals surface area contributed by atoms with Crippen LogP contribution >= 0.6 is 0 Å². The summed E-state index contributed by atoms with van der Waals surface area (Å²) in [7, 11) is 2.98. The Morgan fingerprint density at radius 3 is 2.55 bits per heavy atom. The number of ether oxygens (including phenoxy) is 2. The molecule has 0 aliphatic carbocycles. The van der Waals surface area contributed by atoms with Crippen molar-refractivity contribution in [3.05, 3.63) is 71.0 Å². The van der Waals surface area contributed by atoms with Crippen LogP contribution in [0.15, 0.2) is 68.4 Å². The van der Waals surface area contributed by atoms with Gasteiger partial charge in [-0.2, -0.15) is 0 Å². The Balaban J connectivity index is 1.73. The highest BCUT2D eigenvalue weighted by Gasteiger charge is 2.14. The van der Waals surface area contributed by atoms with Gasteiger partial charge in [-0.05, 0) is 30.3 Å². The summed E-state index contributed by atoms with van der Waals surface area (Å²) in [5, 5.41) is 2.99. The number of anilines is 1. The summed E-state index contributed by atoms with van der Waals surface area (Å²) in [6, 6.07) is 13.1. The number of benzene rings is 2. The highest BCUT2D eigenvalue weighted by atomic mass is 16.5. The van der Waals surface area contributed by atoms with Gasteiger partial charge in [0.25, 0.3) is 5.91 Å². The number of nitrogens with zero attached hydrogens (tertiary/aromatic N) is 1. The second-order valence-corrected chi connectivity index (χ2v) is 6.04. The second-order valence-electron chi connectivity index (χ2n) is 6.04. The van der Waals surface area contributed by atoms with Crippen molar-refractivity contribution in [1.29, 1.82) is 0 Å². The monoisotopic (exact) mass is 392 g/mol. The van der Waals surface area contributed by atoms with Crippen LogP contribution in [0.5, 0.6) is 11.5 Å². The average molecular weight is 392 g/mol. The molecule has 0 unspecified atom stereocenters. The van der Waals surface area contributed by atoms with Gasteiger partial charge in [-0.3, -0.25) is 4.79 Å². The first kappa shape index (κ1) is 18.3. The molecule has 1 N–H and O–H groups in total. The second kappa shape index (κ2) is 7.51. The molecule has 0 bridgehead atoms. The Morgan fingerprint density at radius 1 is 1.03 bits per heavy atom. The number of carbonyl (C=O) groups excluding carboxylic acids is 1. The number of methoxy groups -OCH3 is 2. The molecule has 0 radical (unpaired) electrons. The summed E-state index contributed by atoms with van der Waals surface area (Å²) >= 11 is 0. The number of rotatable bonds is 5. The van der Waals surface area contributed by atoms with Gasteiger partial charge < -0.3 is 23.6 Å². The number of aromatic nitrogens is 1. The lowest BCUT2D eigenvalue weighted by Gasteiger charge is -2.09. The summed E-state index contributed by atoms with van der Waals surface area (Å²) in [6.45, 7) is 0. The highest BCUT2D eigenvalue weighted by Crippen LogP contribution is 2.31. The average Bonchev–Trinajstić information content (AvgIpc) is 3.28. The molecular formula is C21H16N2O6. The smallest absolute Gasteiger partial charge is 0.347 e. The maximum atomic E-state index is 12.5. The third kappa shape index (κ3) is 3.55. The highest BCUT2D eigenvalue weighted by molar-refractivity contribution is 6.02. The van der Waals surface area contributed by atoms with E-state index in [1.54, 1.807) is 42.5 Å². The zero-order valence-electron chi connectivity index (χ0n) is 15.6. The molecule has 0 saturated heterocycles. The van der Waals surface area contributed by atoms with E-state index in [9.17, 15) is 9.59 Å². The number of nitrogens with one attached hydrogen (secondary N) is 1. The Kier molecular flexibility index (Phi) is 4.74. The van der Waals surface area contributed by atoms with Gasteiger partial charge in [0.05, 0.1) is 31.4 Å². The zero-order chi connectivity index (χ0) is 20.4. The molecular weight excluding hydrogens is 376 g/mol. The summed E-state index contributed by atoms with van der Waals surface area (Å²) < 4.78 is 21.0. The first-order valence-electron chi connectivity index (χ1n) is 8.61. The van der Waals surface area contributed by atoms with E-state index in [0.717, 1.165) is 0 Å². The van der Waals surface area contributed by atoms with Crippen molar-refractivity contribution in [2.24, 2.45) is 0 Å². The van der Waals surface area contributed by atoms with E-state index in [1.165, 1.54) is 26.5 Å².